The molecule has 0 radical (unpaired) electrons. The minimum absolute atomic E-state index is 0. The van der Waals surface area contributed by atoms with Gasteiger partial charge in [0.05, 0.1) is 10.4 Å². The molecule has 2 aromatic carbocycles. The van der Waals surface area contributed by atoms with Crippen LogP contribution in [0.3, 0.4) is 0 Å². The van der Waals surface area contributed by atoms with Crippen LogP contribution in [0.2, 0.25) is 0 Å². The van der Waals surface area contributed by atoms with Gasteiger partial charge in [-0.15, -0.1) is 0 Å². The van der Waals surface area contributed by atoms with Gasteiger partial charge in [0.15, 0.2) is 18.4 Å². The summed E-state index contributed by atoms with van der Waals surface area (Å²) in [6.07, 6.45) is -1.73. The molecule has 48 heavy (non-hydrogen) atoms. The van der Waals surface area contributed by atoms with E-state index < -0.39 is 47.5 Å². The first-order chi connectivity index (χ1) is 21.9. The van der Waals surface area contributed by atoms with E-state index in [1.54, 1.807) is 0 Å². The first kappa shape index (κ1) is 49.5. The van der Waals surface area contributed by atoms with Crippen molar-refractivity contribution in [1.82, 2.24) is 9.55 Å². The topological polar surface area (TPSA) is 220 Å². The van der Waals surface area contributed by atoms with Crippen LogP contribution in [0.5, 0.6) is 0 Å². The molecule has 4 N–H and O–H groups in total. The first-order valence-electron chi connectivity index (χ1n) is 13.5. The van der Waals surface area contributed by atoms with Gasteiger partial charge < -0.3 is 34.7 Å². The fourth-order valence-corrected chi connectivity index (χ4v) is 4.36. The van der Waals surface area contributed by atoms with Crippen molar-refractivity contribution in [2.45, 2.75) is 66.4 Å². The van der Waals surface area contributed by atoms with E-state index >= 15 is 0 Å². The van der Waals surface area contributed by atoms with Crippen LogP contribution in [0.15, 0.2) is 33.2 Å². The standard InChI is InChI=1S/C11H12BrFN2O.C9H10BrFN2O2.C4H8O4.CH4.2Na.O4S2/c1-6(2)15-9-4-7(12)3-8(13)11(9)14-10(15)5-16;1-5(2)12-8-4-6(10)3-7(11)9(8)13(14)15;5-3-1-7-4(6)2-8-3;;;;1-5(2)6(3)4/h3-4,6,16H,5H2,1-2H3;3-5,12H,1-2H3;3-6H,1-2H2;1H4;;;. The Morgan fingerprint density at radius 1 is 1.00 bits per heavy atom. The van der Waals surface area contributed by atoms with Gasteiger partial charge in [-0.25, -0.2) is 9.37 Å². The van der Waals surface area contributed by atoms with Crippen molar-refractivity contribution in [1.29, 1.82) is 0 Å². The van der Waals surface area contributed by atoms with E-state index in [2.05, 4.69) is 51.6 Å². The summed E-state index contributed by atoms with van der Waals surface area (Å²) in [6, 6.07) is 5.87. The molecule has 1 aromatic heterocycles. The number of nitrogens with zero attached hydrogens (tertiary/aromatic N) is 3. The van der Waals surface area contributed by atoms with Crippen molar-refractivity contribution in [2.75, 3.05) is 18.5 Å². The number of hydrogen-bond donors (Lipinski definition) is 4. The van der Waals surface area contributed by atoms with Gasteiger partial charge in [0.1, 0.15) is 36.8 Å². The van der Waals surface area contributed by atoms with Crippen LogP contribution in [0.4, 0.5) is 20.2 Å². The van der Waals surface area contributed by atoms with Gasteiger partial charge in [-0.2, -0.15) is 21.2 Å². The van der Waals surface area contributed by atoms with Crippen LogP contribution >= 0.6 is 31.9 Å². The number of nitro benzene ring substituents is 1. The molecule has 2 heterocycles. The Labute approximate surface area is 323 Å². The second-order valence-corrected chi connectivity index (χ2v) is 13.5. The number of aliphatic hydroxyl groups is 3. The molecular formula is C25H34Br2F2N4Na2O11S2. The number of nitro groups is 1. The molecule has 262 valence electrons. The molecule has 23 heteroatoms. The monoisotopic (exact) mass is 872 g/mol. The molecule has 1 aliphatic heterocycles. The summed E-state index contributed by atoms with van der Waals surface area (Å²) in [5.41, 5.74) is 0.667. The van der Waals surface area contributed by atoms with Crippen LogP contribution < -0.4 is 5.32 Å². The summed E-state index contributed by atoms with van der Waals surface area (Å²) in [5.74, 6) is -0.738. The number of halogens is 4. The van der Waals surface area contributed by atoms with E-state index in [4.69, 9.17) is 27.0 Å². The molecular weight excluding hydrogens is 840 g/mol. The third-order valence-corrected chi connectivity index (χ3v) is 6.88. The van der Waals surface area contributed by atoms with Crippen LogP contribution in [0, 0.1) is 21.7 Å². The average Bonchev–Trinajstić information content (AvgIpc) is 3.35. The second kappa shape index (κ2) is 25.3. The maximum atomic E-state index is 13.7. The molecule has 1 saturated heterocycles. The van der Waals surface area contributed by atoms with Gasteiger partial charge in [0.25, 0.3) is 0 Å². The summed E-state index contributed by atoms with van der Waals surface area (Å²) < 4.78 is 75.4. The zero-order chi connectivity index (χ0) is 36.6. The predicted molar refractivity (Wildman–Crippen MR) is 183 cm³/mol. The summed E-state index contributed by atoms with van der Waals surface area (Å²) in [7, 11) is -5.90. The fraction of sp³-hybridized carbons (Fsp3) is 0.480. The Kier molecular flexibility index (Phi) is 26.1. The Bertz CT molecular complexity index is 1670. The molecule has 0 spiro atoms. The predicted octanol–water partition coefficient (Wildman–Crippen LogP) is 3.53. The van der Waals surface area contributed by atoms with Crippen LogP contribution in [0.1, 0.15) is 47.0 Å². The van der Waals surface area contributed by atoms with Gasteiger partial charge in [-0.3, -0.25) is 10.1 Å². The Balaban J connectivity index is 0. The van der Waals surface area contributed by atoms with Crippen molar-refractivity contribution in [2.24, 2.45) is 0 Å². The van der Waals surface area contributed by atoms with Crippen molar-refractivity contribution >= 4 is 116 Å². The number of hydrogen-bond acceptors (Lipinski definition) is 13. The van der Waals surface area contributed by atoms with Gasteiger partial charge in [-0.1, -0.05) is 39.3 Å². The molecule has 0 aliphatic carbocycles. The second-order valence-electron chi connectivity index (χ2n) is 9.23. The Morgan fingerprint density at radius 3 is 1.83 bits per heavy atom. The number of benzene rings is 2. The Hall–Kier alpha value is -0.630. The third kappa shape index (κ3) is 17.5. The molecule has 15 nitrogen and oxygen atoms in total. The van der Waals surface area contributed by atoms with Crippen LogP contribution in [0.25, 0.3) is 11.0 Å². The molecule has 2 unspecified atom stereocenters. The molecule has 0 bridgehead atoms. The van der Waals surface area contributed by atoms with E-state index in [0.29, 0.717) is 25.8 Å². The number of aliphatic hydroxyl groups excluding tert-OH is 3. The summed E-state index contributed by atoms with van der Waals surface area (Å²) in [4.78, 5) is 14.0. The van der Waals surface area contributed by atoms with Crippen molar-refractivity contribution in [3.63, 3.8) is 0 Å². The first-order valence-corrected chi connectivity index (χ1v) is 25.8. The van der Waals surface area contributed by atoms with E-state index in [1.165, 1.54) is 55.8 Å². The van der Waals surface area contributed by atoms with E-state index in [0.717, 1.165) is 6.07 Å². The van der Waals surface area contributed by atoms with E-state index in [-0.39, 0.29) is 50.8 Å². The average molecular weight is 874 g/mol. The summed E-state index contributed by atoms with van der Waals surface area (Å²) >= 11 is 9.23. The normalized spacial score (nSPS) is 14.9. The van der Waals surface area contributed by atoms with Gasteiger partial charge in [0.2, 0.25) is 5.82 Å². The molecule has 4 rings (SSSR count). The summed E-state index contributed by atoms with van der Waals surface area (Å²) in [6.45, 7) is 7.51. The van der Waals surface area contributed by atoms with Crippen LogP contribution in [-0.2, 0) is 34.6 Å². The van der Waals surface area contributed by atoms with Crippen LogP contribution in [-0.4, -0.2) is 122 Å². The van der Waals surface area contributed by atoms with Gasteiger partial charge in [0, 0.05) is 21.0 Å². The quantitative estimate of drug-likeness (QED) is 0.164. The van der Waals surface area contributed by atoms with Crippen molar-refractivity contribution in [3.8, 4) is 0 Å². The van der Waals surface area contributed by atoms with Crippen molar-refractivity contribution < 1.29 is 55.3 Å². The number of rotatable bonds is 5. The number of ether oxygens (including phenoxy) is 2. The maximum absolute atomic E-state index is 13.7. The van der Waals surface area contributed by atoms with Gasteiger partial charge in [-0.05, 0) is 52.0 Å². The number of fused-ring (bicyclic) bond motifs is 1. The molecule has 1 aliphatic rings. The molecule has 0 amide bonds. The number of anilines is 1. The molecule has 2 atom stereocenters. The molecule has 1 fully saturated rings. The van der Waals surface area contributed by atoms with E-state index in [9.17, 15) is 24.0 Å². The third-order valence-electron chi connectivity index (χ3n) is 5.07. The Morgan fingerprint density at radius 2 is 1.46 bits per heavy atom. The zero-order valence-electron chi connectivity index (χ0n) is 26.0. The van der Waals surface area contributed by atoms with Crippen molar-refractivity contribution in [3.05, 3.63) is 60.8 Å². The van der Waals surface area contributed by atoms with E-state index in [1.807, 2.05) is 38.3 Å². The van der Waals surface area contributed by atoms with Gasteiger partial charge >= 0.3 is 67.8 Å². The molecule has 3 aromatic rings. The fourth-order valence-electron chi connectivity index (χ4n) is 3.51. The SMILES string of the molecule is C.CC(C)Nc1cc(Br)cc(F)c1[N+](=O)[O-].CC(C)n1c(CO)nc2c(F)cc(Br)cc21.O=S(=O)=S(=O)=O.OC1COC(O)CO1.[Na][Na]. The number of imidazole rings is 1. The number of aromatic nitrogens is 2. The number of nitrogens with one attached hydrogen (secondary N) is 1. The zero-order valence-corrected chi connectivity index (χ0v) is 34.8. The summed E-state index contributed by atoms with van der Waals surface area (Å²) in [5, 5.41) is 39.8. The minimum atomic E-state index is -2.95. The molecule has 0 saturated carbocycles.